The molecule has 1 aromatic heterocycles. The molecular formula is C24H26Cl2N2O4. The monoisotopic (exact) mass is 476 g/mol. The lowest BCUT2D eigenvalue weighted by Crippen LogP contribution is -2.35. The molecule has 0 aliphatic carbocycles. The Hall–Kier alpha value is -2.25. The molecule has 0 spiro atoms. The van der Waals surface area contributed by atoms with Crippen molar-refractivity contribution in [1.82, 2.24) is 9.55 Å². The molecule has 4 rings (SSSR count). The summed E-state index contributed by atoms with van der Waals surface area (Å²) < 4.78 is 25.8. The lowest BCUT2D eigenvalue weighted by atomic mass is 10.1. The fraction of sp³-hybridized carbons (Fsp3) is 0.375. The van der Waals surface area contributed by atoms with Crippen molar-refractivity contribution in [2.45, 2.75) is 44.3 Å². The topological polar surface area (TPSA) is 54.7 Å². The predicted molar refractivity (Wildman–Crippen MR) is 124 cm³/mol. The van der Waals surface area contributed by atoms with Gasteiger partial charge in [0.05, 0.1) is 31.1 Å². The normalized spacial score (nSPS) is 19.5. The molecule has 1 saturated heterocycles. The van der Waals surface area contributed by atoms with Gasteiger partial charge in [-0.05, 0) is 55.2 Å². The highest BCUT2D eigenvalue weighted by Crippen LogP contribution is 2.31. The van der Waals surface area contributed by atoms with Crippen LogP contribution in [0.1, 0.15) is 30.9 Å². The van der Waals surface area contributed by atoms with E-state index in [1.54, 1.807) is 37.8 Å². The van der Waals surface area contributed by atoms with Gasteiger partial charge in [-0.2, -0.15) is 0 Å². The first-order valence-corrected chi connectivity index (χ1v) is 11.3. The predicted octanol–water partition coefficient (Wildman–Crippen LogP) is 5.93. The number of aromatic nitrogens is 2. The molecule has 8 heteroatoms. The van der Waals surface area contributed by atoms with E-state index in [0.29, 0.717) is 28.9 Å². The average molecular weight is 477 g/mol. The lowest BCUT2D eigenvalue weighted by molar-refractivity contribution is -0.223. The highest BCUT2D eigenvalue weighted by Gasteiger charge is 2.27. The van der Waals surface area contributed by atoms with E-state index in [1.807, 2.05) is 35.0 Å². The van der Waals surface area contributed by atoms with Crippen molar-refractivity contribution in [2.75, 3.05) is 13.7 Å². The van der Waals surface area contributed by atoms with Crippen LogP contribution in [-0.4, -0.2) is 35.7 Å². The molecule has 6 nitrogen and oxygen atoms in total. The molecule has 3 atom stereocenters. The van der Waals surface area contributed by atoms with Gasteiger partial charge in [0, 0.05) is 17.4 Å². The van der Waals surface area contributed by atoms with Crippen LogP contribution in [0, 0.1) is 0 Å². The number of hydrogen-bond donors (Lipinski definition) is 0. The number of nitrogens with zero attached hydrogens (tertiary/aromatic N) is 2. The number of imidazole rings is 1. The van der Waals surface area contributed by atoms with Crippen molar-refractivity contribution in [3.8, 4) is 11.5 Å². The van der Waals surface area contributed by atoms with Gasteiger partial charge in [-0.3, -0.25) is 0 Å². The van der Waals surface area contributed by atoms with Crippen molar-refractivity contribution in [1.29, 1.82) is 0 Å². The second-order valence-corrected chi connectivity index (χ2v) is 8.51. The number of rotatable bonds is 9. The maximum atomic E-state index is 6.44. The zero-order valence-corrected chi connectivity index (χ0v) is 19.3. The third kappa shape index (κ3) is 6.17. The van der Waals surface area contributed by atoms with E-state index in [4.69, 9.17) is 42.1 Å². The Kier molecular flexibility index (Phi) is 7.92. The van der Waals surface area contributed by atoms with Crippen LogP contribution < -0.4 is 9.47 Å². The van der Waals surface area contributed by atoms with E-state index >= 15 is 0 Å². The minimum Gasteiger partial charge on any atom is -0.497 e. The molecule has 3 unspecified atom stereocenters. The Morgan fingerprint density at radius 1 is 1.16 bits per heavy atom. The van der Waals surface area contributed by atoms with Crippen molar-refractivity contribution < 1.29 is 18.9 Å². The molecule has 1 aliphatic heterocycles. The largest absolute Gasteiger partial charge is 0.497 e. The maximum absolute atomic E-state index is 6.44. The molecule has 0 amide bonds. The maximum Gasteiger partial charge on any atom is 0.159 e. The van der Waals surface area contributed by atoms with Crippen molar-refractivity contribution >= 4 is 23.2 Å². The van der Waals surface area contributed by atoms with E-state index < -0.39 is 0 Å². The molecule has 0 N–H and O–H groups in total. The summed E-state index contributed by atoms with van der Waals surface area (Å²) in [6.07, 6.45) is 7.60. The van der Waals surface area contributed by atoms with E-state index in [2.05, 4.69) is 4.98 Å². The van der Waals surface area contributed by atoms with Crippen LogP contribution in [-0.2, 0) is 16.0 Å². The number of ether oxygens (including phenoxy) is 4. The van der Waals surface area contributed by atoms with Gasteiger partial charge in [-0.1, -0.05) is 35.3 Å². The van der Waals surface area contributed by atoms with Crippen LogP contribution in [0.3, 0.4) is 0 Å². The second-order valence-electron chi connectivity index (χ2n) is 7.66. The summed E-state index contributed by atoms with van der Waals surface area (Å²) in [6, 6.07) is 13.1. The van der Waals surface area contributed by atoms with E-state index in [1.165, 1.54) is 0 Å². The van der Waals surface area contributed by atoms with Gasteiger partial charge in [0.1, 0.15) is 24.2 Å². The zero-order chi connectivity index (χ0) is 22.3. The summed E-state index contributed by atoms with van der Waals surface area (Å²) in [5, 5.41) is 1.06. The SMILES string of the molecule is COc1ccc(C(Cn2ccnc2)OC2CCCC(COc3ccc(Cl)cc3Cl)O2)cc1. The number of methoxy groups -OCH3 is 1. The van der Waals surface area contributed by atoms with Gasteiger partial charge in [0.15, 0.2) is 6.29 Å². The minimum absolute atomic E-state index is 0.0785. The molecule has 1 fully saturated rings. The van der Waals surface area contributed by atoms with Crippen LogP contribution in [0.2, 0.25) is 10.0 Å². The third-order valence-corrected chi connectivity index (χ3v) is 5.90. The average Bonchev–Trinajstić information content (AvgIpc) is 3.32. The highest BCUT2D eigenvalue weighted by molar-refractivity contribution is 6.35. The first-order valence-electron chi connectivity index (χ1n) is 10.6. The van der Waals surface area contributed by atoms with Gasteiger partial charge >= 0.3 is 0 Å². The Morgan fingerprint density at radius 3 is 2.72 bits per heavy atom. The number of benzene rings is 2. The molecular weight excluding hydrogens is 451 g/mol. The van der Waals surface area contributed by atoms with Gasteiger partial charge in [-0.25, -0.2) is 4.98 Å². The number of hydrogen-bond acceptors (Lipinski definition) is 5. The quantitative estimate of drug-likeness (QED) is 0.382. The molecule has 170 valence electrons. The fourth-order valence-electron chi connectivity index (χ4n) is 3.68. The molecule has 3 aromatic rings. The lowest BCUT2D eigenvalue weighted by Gasteiger charge is -2.33. The Labute approximate surface area is 198 Å². The summed E-state index contributed by atoms with van der Waals surface area (Å²) >= 11 is 12.2. The van der Waals surface area contributed by atoms with Crippen molar-refractivity contribution in [2.24, 2.45) is 0 Å². The Balaban J connectivity index is 1.39. The second kappa shape index (κ2) is 11.1. The molecule has 0 saturated carbocycles. The summed E-state index contributed by atoms with van der Waals surface area (Å²) in [7, 11) is 1.66. The molecule has 0 bridgehead atoms. The Morgan fingerprint density at radius 2 is 2.00 bits per heavy atom. The summed E-state index contributed by atoms with van der Waals surface area (Å²) in [5.41, 5.74) is 1.05. The Bertz CT molecular complexity index is 982. The van der Waals surface area contributed by atoms with Crippen molar-refractivity contribution in [3.63, 3.8) is 0 Å². The van der Waals surface area contributed by atoms with Gasteiger partial charge < -0.3 is 23.5 Å². The van der Waals surface area contributed by atoms with Crippen LogP contribution in [0.4, 0.5) is 0 Å². The van der Waals surface area contributed by atoms with Gasteiger partial charge in [-0.15, -0.1) is 0 Å². The third-order valence-electron chi connectivity index (χ3n) is 5.37. The van der Waals surface area contributed by atoms with Crippen LogP contribution in [0.5, 0.6) is 11.5 Å². The minimum atomic E-state index is -0.325. The molecule has 2 heterocycles. The molecule has 32 heavy (non-hydrogen) atoms. The van der Waals surface area contributed by atoms with Crippen LogP contribution >= 0.6 is 23.2 Å². The van der Waals surface area contributed by atoms with Gasteiger partial charge in [0.25, 0.3) is 0 Å². The van der Waals surface area contributed by atoms with Crippen LogP contribution in [0.15, 0.2) is 61.2 Å². The number of halogens is 2. The highest BCUT2D eigenvalue weighted by atomic mass is 35.5. The summed E-state index contributed by atoms with van der Waals surface area (Å²) in [5.74, 6) is 1.40. The zero-order valence-electron chi connectivity index (χ0n) is 17.8. The molecule has 0 radical (unpaired) electrons. The van der Waals surface area contributed by atoms with E-state index in [0.717, 1.165) is 30.6 Å². The molecule has 1 aliphatic rings. The first kappa shape index (κ1) is 22.9. The van der Waals surface area contributed by atoms with Crippen molar-refractivity contribution in [3.05, 3.63) is 76.8 Å². The van der Waals surface area contributed by atoms with E-state index in [-0.39, 0.29) is 18.5 Å². The van der Waals surface area contributed by atoms with Gasteiger partial charge in [0.2, 0.25) is 0 Å². The standard InChI is InChI=1S/C24H26Cl2N2O4/c1-29-19-8-5-17(6-9-19)23(14-28-12-11-27-16-28)32-24-4-2-3-20(31-24)15-30-22-10-7-18(25)13-21(22)26/h5-13,16,20,23-24H,2-4,14-15H2,1H3. The summed E-state index contributed by atoms with van der Waals surface area (Å²) in [4.78, 5) is 4.14. The van der Waals surface area contributed by atoms with Crippen LogP contribution in [0.25, 0.3) is 0 Å². The van der Waals surface area contributed by atoms with E-state index in [9.17, 15) is 0 Å². The smallest absolute Gasteiger partial charge is 0.159 e. The molecule has 2 aromatic carbocycles. The fourth-order valence-corrected chi connectivity index (χ4v) is 4.14. The first-order chi connectivity index (χ1) is 15.6. The summed E-state index contributed by atoms with van der Waals surface area (Å²) in [6.45, 7) is 1.03.